The standard InChI is InChI=1S/C25H28N4O5/c1-34-21-7-3-2-5-17(21)9-10-28-24(32)19(26-25(28)33)12-23(31)27-13-16-11-18(15-27)20-6-4-8-22(30)29(20)14-16/h2-8,16,18-19H,9-15H2,1H3,(H,26,33)/t16-,18+,19-/m0/s1. The molecule has 0 radical (unpaired) electrons. The lowest BCUT2D eigenvalue weighted by Crippen LogP contribution is -2.50. The Kier molecular flexibility index (Phi) is 5.85. The summed E-state index contributed by atoms with van der Waals surface area (Å²) in [7, 11) is 1.58. The molecule has 1 N–H and O–H groups in total. The SMILES string of the molecule is COc1ccccc1CCN1C(=O)N[C@@H](CC(=O)N2C[C@@H]3C[C@H](C2)c2cccc(=O)n2C3)C1=O. The minimum absolute atomic E-state index is 0.000504. The Morgan fingerprint density at radius 2 is 1.88 bits per heavy atom. The Hall–Kier alpha value is -3.62. The molecule has 5 rings (SSSR count). The first-order valence-corrected chi connectivity index (χ1v) is 11.7. The smallest absolute Gasteiger partial charge is 0.324 e. The van der Waals surface area contributed by atoms with Gasteiger partial charge in [-0.25, -0.2) is 4.79 Å². The number of para-hydroxylation sites is 1. The first-order valence-electron chi connectivity index (χ1n) is 11.7. The number of piperidine rings is 1. The number of ether oxygens (including phenoxy) is 1. The van der Waals surface area contributed by atoms with Crippen LogP contribution >= 0.6 is 0 Å². The van der Waals surface area contributed by atoms with E-state index in [-0.39, 0.29) is 42.2 Å². The number of imide groups is 1. The molecule has 0 aliphatic carbocycles. The van der Waals surface area contributed by atoms with Crippen LogP contribution in [0.1, 0.15) is 30.0 Å². The Balaban J connectivity index is 1.21. The highest BCUT2D eigenvalue weighted by Gasteiger charge is 2.41. The third-order valence-electron chi connectivity index (χ3n) is 7.12. The number of urea groups is 1. The molecule has 9 heteroatoms. The van der Waals surface area contributed by atoms with Crippen molar-refractivity contribution in [2.75, 3.05) is 26.7 Å². The van der Waals surface area contributed by atoms with Crippen LogP contribution in [0, 0.1) is 5.92 Å². The van der Waals surface area contributed by atoms with Crippen molar-refractivity contribution >= 4 is 17.8 Å². The van der Waals surface area contributed by atoms with Crippen LogP contribution in [-0.4, -0.2) is 65.0 Å². The van der Waals surface area contributed by atoms with Crippen LogP contribution in [0.2, 0.25) is 0 Å². The zero-order chi connectivity index (χ0) is 23.8. The van der Waals surface area contributed by atoms with Gasteiger partial charge >= 0.3 is 6.03 Å². The van der Waals surface area contributed by atoms with E-state index < -0.39 is 12.1 Å². The third kappa shape index (κ3) is 4.06. The number of nitrogens with zero attached hydrogens (tertiary/aromatic N) is 3. The Labute approximate surface area is 197 Å². The fourth-order valence-electron chi connectivity index (χ4n) is 5.47. The van der Waals surface area contributed by atoms with Crippen molar-refractivity contribution in [3.05, 3.63) is 64.1 Å². The normalized spacial score (nSPS) is 23.5. The van der Waals surface area contributed by atoms with Gasteiger partial charge in [0.05, 0.1) is 13.5 Å². The van der Waals surface area contributed by atoms with Crippen LogP contribution in [0.5, 0.6) is 5.75 Å². The Morgan fingerprint density at radius 1 is 1.06 bits per heavy atom. The second-order valence-corrected chi connectivity index (χ2v) is 9.25. The summed E-state index contributed by atoms with van der Waals surface area (Å²) in [5.41, 5.74) is 1.87. The van der Waals surface area contributed by atoms with Gasteiger partial charge in [0.1, 0.15) is 11.8 Å². The lowest BCUT2D eigenvalue weighted by molar-refractivity contribution is -0.137. The monoisotopic (exact) mass is 464 g/mol. The van der Waals surface area contributed by atoms with Gasteiger partial charge in [-0.1, -0.05) is 24.3 Å². The first kappa shape index (κ1) is 22.2. The van der Waals surface area contributed by atoms with E-state index in [1.807, 2.05) is 34.9 Å². The molecular weight excluding hydrogens is 436 g/mol. The molecule has 9 nitrogen and oxygen atoms in total. The molecule has 34 heavy (non-hydrogen) atoms. The van der Waals surface area contributed by atoms with Gasteiger partial charge in [-0.05, 0) is 36.5 Å². The van der Waals surface area contributed by atoms with Crippen LogP contribution in [0.3, 0.4) is 0 Å². The number of benzene rings is 1. The van der Waals surface area contributed by atoms with E-state index in [2.05, 4.69) is 5.32 Å². The van der Waals surface area contributed by atoms with Gasteiger partial charge in [-0.3, -0.25) is 19.3 Å². The quantitative estimate of drug-likeness (QED) is 0.651. The predicted molar refractivity (Wildman–Crippen MR) is 123 cm³/mol. The number of amides is 4. The Morgan fingerprint density at radius 3 is 2.71 bits per heavy atom. The molecule has 0 saturated carbocycles. The summed E-state index contributed by atoms with van der Waals surface area (Å²) < 4.78 is 7.16. The van der Waals surface area contributed by atoms with E-state index in [1.165, 1.54) is 4.90 Å². The summed E-state index contributed by atoms with van der Waals surface area (Å²) >= 11 is 0. The summed E-state index contributed by atoms with van der Waals surface area (Å²) in [4.78, 5) is 53.7. The van der Waals surface area contributed by atoms with E-state index in [1.54, 1.807) is 24.1 Å². The molecule has 0 spiro atoms. The second-order valence-electron chi connectivity index (χ2n) is 9.25. The van der Waals surface area contributed by atoms with E-state index in [9.17, 15) is 19.2 Å². The average Bonchev–Trinajstić information content (AvgIpc) is 3.10. The average molecular weight is 465 g/mol. The minimum Gasteiger partial charge on any atom is -0.496 e. The molecule has 2 bridgehead atoms. The van der Waals surface area contributed by atoms with Gasteiger partial charge < -0.3 is 19.5 Å². The molecular formula is C25H28N4O5. The van der Waals surface area contributed by atoms with Gasteiger partial charge in [0.25, 0.3) is 11.5 Å². The van der Waals surface area contributed by atoms with E-state index >= 15 is 0 Å². The van der Waals surface area contributed by atoms with Crippen molar-refractivity contribution in [2.45, 2.75) is 37.8 Å². The zero-order valence-electron chi connectivity index (χ0n) is 19.1. The minimum atomic E-state index is -0.852. The maximum Gasteiger partial charge on any atom is 0.324 e. The fraction of sp³-hybridized carbons (Fsp3) is 0.440. The van der Waals surface area contributed by atoms with Gasteiger partial charge in [0, 0.05) is 43.9 Å². The van der Waals surface area contributed by atoms with Crippen molar-refractivity contribution < 1.29 is 19.1 Å². The Bertz CT molecular complexity index is 1190. The molecule has 4 heterocycles. The van der Waals surface area contributed by atoms with Gasteiger partial charge in [-0.15, -0.1) is 0 Å². The van der Waals surface area contributed by atoms with Crippen LogP contribution in [0.4, 0.5) is 4.79 Å². The summed E-state index contributed by atoms with van der Waals surface area (Å²) in [6.07, 6.45) is 1.36. The molecule has 3 aliphatic rings. The lowest BCUT2D eigenvalue weighted by atomic mass is 9.83. The van der Waals surface area contributed by atoms with Crippen molar-refractivity contribution in [1.82, 2.24) is 19.7 Å². The highest BCUT2D eigenvalue weighted by molar-refractivity contribution is 6.05. The number of rotatable bonds is 6. The predicted octanol–water partition coefficient (Wildman–Crippen LogP) is 1.36. The number of fused-ring (bicyclic) bond motifs is 4. The number of carbonyl (C=O) groups is 3. The van der Waals surface area contributed by atoms with E-state index in [4.69, 9.17) is 4.74 Å². The molecule has 0 unspecified atom stereocenters. The largest absolute Gasteiger partial charge is 0.496 e. The summed E-state index contributed by atoms with van der Waals surface area (Å²) in [5.74, 6) is 0.507. The molecule has 178 valence electrons. The summed E-state index contributed by atoms with van der Waals surface area (Å²) in [6.45, 7) is 1.90. The van der Waals surface area contributed by atoms with Crippen LogP contribution < -0.4 is 15.6 Å². The van der Waals surface area contributed by atoms with Crippen molar-refractivity contribution in [1.29, 1.82) is 0 Å². The van der Waals surface area contributed by atoms with Crippen LogP contribution in [0.25, 0.3) is 0 Å². The number of aromatic nitrogens is 1. The number of hydrogen-bond acceptors (Lipinski definition) is 5. The maximum atomic E-state index is 13.1. The number of carbonyl (C=O) groups excluding carboxylic acids is 3. The number of likely N-dealkylation sites (tertiary alicyclic amines) is 1. The van der Waals surface area contributed by atoms with Crippen molar-refractivity contribution in [2.24, 2.45) is 5.92 Å². The van der Waals surface area contributed by atoms with Crippen LogP contribution in [0.15, 0.2) is 47.3 Å². The zero-order valence-corrected chi connectivity index (χ0v) is 19.1. The fourth-order valence-corrected chi connectivity index (χ4v) is 5.47. The van der Waals surface area contributed by atoms with Crippen LogP contribution in [-0.2, 0) is 22.6 Å². The molecule has 1 aromatic carbocycles. The lowest BCUT2D eigenvalue weighted by Gasteiger charge is -2.43. The van der Waals surface area contributed by atoms with Crippen molar-refractivity contribution in [3.63, 3.8) is 0 Å². The van der Waals surface area contributed by atoms with Gasteiger partial charge in [0.15, 0.2) is 0 Å². The van der Waals surface area contributed by atoms with E-state index in [0.29, 0.717) is 31.8 Å². The van der Waals surface area contributed by atoms with Gasteiger partial charge in [0.2, 0.25) is 5.91 Å². The molecule has 2 saturated heterocycles. The summed E-state index contributed by atoms with van der Waals surface area (Å²) in [5, 5.41) is 2.68. The highest BCUT2D eigenvalue weighted by atomic mass is 16.5. The molecule has 4 amide bonds. The number of hydrogen-bond donors (Lipinski definition) is 1. The maximum absolute atomic E-state index is 13.1. The number of nitrogens with one attached hydrogen (secondary N) is 1. The van der Waals surface area contributed by atoms with Gasteiger partial charge in [-0.2, -0.15) is 0 Å². The number of methoxy groups -OCH3 is 1. The number of pyridine rings is 1. The molecule has 2 fully saturated rings. The van der Waals surface area contributed by atoms with E-state index in [0.717, 1.165) is 17.7 Å². The third-order valence-corrected chi connectivity index (χ3v) is 7.12. The highest BCUT2D eigenvalue weighted by Crippen LogP contribution is 2.35. The first-order chi connectivity index (χ1) is 16.4. The molecule has 3 atom stereocenters. The van der Waals surface area contributed by atoms with Crippen molar-refractivity contribution in [3.8, 4) is 5.75 Å². The summed E-state index contributed by atoms with van der Waals surface area (Å²) in [6, 6.07) is 11.5. The molecule has 1 aromatic heterocycles. The molecule has 3 aliphatic heterocycles. The topological polar surface area (TPSA) is 101 Å². The second kappa shape index (κ2) is 8.96. The molecule has 2 aromatic rings.